The summed E-state index contributed by atoms with van der Waals surface area (Å²) in [4.78, 5) is 26.5. The maximum atomic E-state index is 12.7. The Labute approximate surface area is 206 Å². The van der Waals surface area contributed by atoms with Crippen molar-refractivity contribution in [2.24, 2.45) is 17.3 Å². The molecule has 6 heteroatoms. The van der Waals surface area contributed by atoms with Gasteiger partial charge in [0.2, 0.25) is 5.91 Å². The van der Waals surface area contributed by atoms with E-state index in [1.807, 2.05) is 12.1 Å². The molecule has 6 nitrogen and oxygen atoms in total. The Morgan fingerprint density at radius 2 is 1.91 bits per heavy atom. The molecule has 1 saturated heterocycles. The van der Waals surface area contributed by atoms with Crippen LogP contribution in [0.25, 0.3) is 0 Å². The lowest BCUT2D eigenvalue weighted by atomic mass is 9.61. The number of phenolic OH excluding ortho intramolecular Hbond substituents is 1. The van der Waals surface area contributed by atoms with Gasteiger partial charge in [-0.05, 0) is 84.9 Å². The number of likely N-dealkylation sites (tertiary alicyclic amines) is 1. The summed E-state index contributed by atoms with van der Waals surface area (Å²) in [5, 5.41) is 22.5. The van der Waals surface area contributed by atoms with Crippen LogP contribution in [-0.2, 0) is 23.1 Å². The molecule has 0 aromatic heterocycles. The number of aromatic carboxylic acids is 1. The molecular formula is C29H34N2O4. The minimum Gasteiger partial charge on any atom is -0.508 e. The van der Waals surface area contributed by atoms with Gasteiger partial charge in [-0.15, -0.1) is 0 Å². The second-order valence-electron chi connectivity index (χ2n) is 11.6. The zero-order valence-electron chi connectivity index (χ0n) is 20.3. The second-order valence-corrected chi connectivity index (χ2v) is 11.6. The maximum absolute atomic E-state index is 12.7. The van der Waals surface area contributed by atoms with E-state index in [1.165, 1.54) is 49.2 Å². The molecule has 2 aromatic carbocycles. The van der Waals surface area contributed by atoms with Crippen LogP contribution in [0.2, 0.25) is 0 Å². The lowest BCUT2D eigenvalue weighted by Gasteiger charge is -2.56. The predicted octanol–water partition coefficient (Wildman–Crippen LogP) is 3.75. The molecule has 0 radical (unpaired) electrons. The van der Waals surface area contributed by atoms with E-state index < -0.39 is 5.97 Å². The highest BCUT2D eigenvalue weighted by Gasteiger charge is 2.69. The minimum absolute atomic E-state index is 0.0360. The van der Waals surface area contributed by atoms with Gasteiger partial charge in [0.05, 0.1) is 12.0 Å². The summed E-state index contributed by atoms with van der Waals surface area (Å²) in [6.07, 6.45) is 6.07. The van der Waals surface area contributed by atoms with Gasteiger partial charge in [0.15, 0.2) is 0 Å². The van der Waals surface area contributed by atoms with Crippen LogP contribution in [0.15, 0.2) is 42.5 Å². The standard InChI is InChI=1S/C29H34N2O4/c1-18-26-28(17-31(26)15-20-2-3-20)14-22-8-9-23(32)13-24(22)29(18,16-28)10-11-30-25(33)12-19-4-6-21(7-5-19)27(34)35/h4-9,13,18,20,26,32H,2-3,10-12,14-17H2,1H3,(H,30,33)(H,34,35)/t18-,26-,28-,29+/m0/s1. The van der Waals surface area contributed by atoms with Crippen molar-refractivity contribution < 1.29 is 19.8 Å². The Balaban J connectivity index is 1.18. The van der Waals surface area contributed by atoms with Crippen molar-refractivity contribution in [3.05, 3.63) is 64.7 Å². The summed E-state index contributed by atoms with van der Waals surface area (Å²) >= 11 is 0. The van der Waals surface area contributed by atoms with Gasteiger partial charge in [0.25, 0.3) is 0 Å². The number of carboxylic acid groups (broad SMARTS) is 1. The molecule has 2 saturated carbocycles. The van der Waals surface area contributed by atoms with Crippen LogP contribution < -0.4 is 5.32 Å². The van der Waals surface area contributed by atoms with E-state index >= 15 is 0 Å². The van der Waals surface area contributed by atoms with Crippen LogP contribution in [-0.4, -0.2) is 52.7 Å². The van der Waals surface area contributed by atoms with E-state index in [2.05, 4.69) is 23.2 Å². The van der Waals surface area contributed by atoms with E-state index in [0.717, 1.165) is 30.7 Å². The van der Waals surface area contributed by atoms with Crippen molar-refractivity contribution in [3.63, 3.8) is 0 Å². The lowest BCUT2D eigenvalue weighted by Crippen LogP contribution is -2.64. The van der Waals surface area contributed by atoms with Crippen molar-refractivity contribution >= 4 is 11.9 Å². The number of carbonyl (C=O) groups is 2. The first kappa shape index (κ1) is 22.6. The number of carboxylic acids is 1. The molecule has 4 aliphatic rings. The molecule has 184 valence electrons. The molecule has 3 N–H and O–H groups in total. The number of rotatable bonds is 8. The Bertz CT molecular complexity index is 1170. The van der Waals surface area contributed by atoms with Crippen LogP contribution >= 0.6 is 0 Å². The van der Waals surface area contributed by atoms with E-state index in [0.29, 0.717) is 29.7 Å². The predicted molar refractivity (Wildman–Crippen MR) is 133 cm³/mol. The molecule has 3 fully saturated rings. The monoisotopic (exact) mass is 474 g/mol. The minimum atomic E-state index is -0.966. The van der Waals surface area contributed by atoms with Crippen LogP contribution in [0.1, 0.15) is 59.7 Å². The normalized spacial score (nSPS) is 30.8. The summed E-state index contributed by atoms with van der Waals surface area (Å²) < 4.78 is 0. The number of fused-ring (bicyclic) bond motifs is 3. The van der Waals surface area contributed by atoms with E-state index in [9.17, 15) is 14.7 Å². The number of aromatic hydroxyl groups is 1. The van der Waals surface area contributed by atoms with Crippen molar-refractivity contribution in [2.45, 2.75) is 56.9 Å². The van der Waals surface area contributed by atoms with E-state index in [1.54, 1.807) is 12.1 Å². The first-order valence-corrected chi connectivity index (χ1v) is 13.0. The fourth-order valence-electron chi connectivity index (χ4n) is 7.79. The molecule has 2 aromatic rings. The number of nitrogens with one attached hydrogen (secondary N) is 1. The number of phenols is 1. The van der Waals surface area contributed by atoms with Crippen molar-refractivity contribution in [1.82, 2.24) is 10.2 Å². The summed E-state index contributed by atoms with van der Waals surface area (Å²) in [6.45, 7) is 5.40. The van der Waals surface area contributed by atoms with Gasteiger partial charge in [-0.2, -0.15) is 0 Å². The van der Waals surface area contributed by atoms with Crippen molar-refractivity contribution in [3.8, 4) is 5.75 Å². The highest BCUT2D eigenvalue weighted by atomic mass is 16.4. The smallest absolute Gasteiger partial charge is 0.335 e. The first-order chi connectivity index (χ1) is 16.8. The highest BCUT2D eigenvalue weighted by molar-refractivity contribution is 5.87. The van der Waals surface area contributed by atoms with Gasteiger partial charge in [-0.3, -0.25) is 9.69 Å². The third-order valence-corrected chi connectivity index (χ3v) is 9.37. The summed E-state index contributed by atoms with van der Waals surface area (Å²) in [5.41, 5.74) is 3.98. The SMILES string of the molecule is C[C@H]1[C@@H]2N(CC3CC3)C[C@@]23Cc2ccc(O)cc2[C@]1(CCNC(=O)Cc1ccc(C(=O)O)cc1)C3. The fourth-order valence-corrected chi connectivity index (χ4v) is 7.79. The third-order valence-electron chi connectivity index (χ3n) is 9.37. The van der Waals surface area contributed by atoms with Gasteiger partial charge in [-0.25, -0.2) is 4.79 Å². The largest absolute Gasteiger partial charge is 0.508 e. The Kier molecular flexibility index (Phi) is 5.22. The van der Waals surface area contributed by atoms with Crippen LogP contribution in [0, 0.1) is 17.3 Å². The Morgan fingerprint density at radius 1 is 1.14 bits per heavy atom. The second kappa shape index (κ2) is 8.09. The molecule has 1 amide bonds. The van der Waals surface area contributed by atoms with E-state index in [-0.39, 0.29) is 23.3 Å². The summed E-state index contributed by atoms with van der Waals surface area (Å²) in [7, 11) is 0. The number of carbonyl (C=O) groups excluding carboxylic acids is 1. The van der Waals surface area contributed by atoms with Crippen LogP contribution in [0.3, 0.4) is 0 Å². The average Bonchev–Trinajstić information content (AvgIpc) is 3.61. The average molecular weight is 475 g/mol. The Morgan fingerprint density at radius 3 is 2.63 bits per heavy atom. The van der Waals surface area contributed by atoms with Crippen LogP contribution in [0.5, 0.6) is 5.75 Å². The van der Waals surface area contributed by atoms with Gasteiger partial charge in [-0.1, -0.05) is 25.1 Å². The van der Waals surface area contributed by atoms with Gasteiger partial charge in [0.1, 0.15) is 5.75 Å². The van der Waals surface area contributed by atoms with Gasteiger partial charge in [0, 0.05) is 36.5 Å². The quantitative estimate of drug-likeness (QED) is 0.542. The lowest BCUT2D eigenvalue weighted by molar-refractivity contribution is -0.120. The Hall–Kier alpha value is -2.86. The molecule has 1 spiro atoms. The van der Waals surface area contributed by atoms with E-state index in [4.69, 9.17) is 5.11 Å². The fraction of sp³-hybridized carbons (Fsp3) is 0.517. The topological polar surface area (TPSA) is 89.9 Å². The molecule has 1 aliphatic heterocycles. The molecule has 35 heavy (non-hydrogen) atoms. The first-order valence-electron chi connectivity index (χ1n) is 13.0. The number of amides is 1. The number of nitrogens with zero attached hydrogens (tertiary/aromatic N) is 1. The molecule has 6 rings (SSSR count). The third kappa shape index (κ3) is 3.74. The molecular weight excluding hydrogens is 440 g/mol. The van der Waals surface area contributed by atoms with Gasteiger partial charge >= 0.3 is 5.97 Å². The zero-order valence-corrected chi connectivity index (χ0v) is 20.3. The molecule has 4 atom stereocenters. The van der Waals surface area contributed by atoms with Crippen LogP contribution in [0.4, 0.5) is 0 Å². The summed E-state index contributed by atoms with van der Waals surface area (Å²) in [6, 6.07) is 13.0. The van der Waals surface area contributed by atoms with Gasteiger partial charge < -0.3 is 15.5 Å². The van der Waals surface area contributed by atoms with Crippen molar-refractivity contribution in [1.29, 1.82) is 0 Å². The number of hydrogen-bond acceptors (Lipinski definition) is 4. The van der Waals surface area contributed by atoms with Crippen molar-refractivity contribution in [2.75, 3.05) is 19.6 Å². The maximum Gasteiger partial charge on any atom is 0.335 e. The summed E-state index contributed by atoms with van der Waals surface area (Å²) in [5.74, 6) is 0.668. The zero-order chi connectivity index (χ0) is 24.4. The molecule has 2 bridgehead atoms. The number of benzene rings is 2. The highest BCUT2D eigenvalue weighted by Crippen LogP contribution is 2.67. The number of hydrogen-bond donors (Lipinski definition) is 3. The molecule has 3 aliphatic carbocycles. The molecule has 1 heterocycles. The molecule has 0 unspecified atom stereocenters.